The van der Waals surface area contributed by atoms with Gasteiger partial charge in [0.15, 0.2) is 0 Å². The number of carbonyl (C=O) groups is 1. The molecule has 0 atom stereocenters. The molecule has 0 saturated heterocycles. The zero-order valence-corrected chi connectivity index (χ0v) is 17.1. The highest BCUT2D eigenvalue weighted by molar-refractivity contribution is 8.03. The Labute approximate surface area is 169 Å². The number of hydrogen-bond acceptors (Lipinski definition) is 3. The maximum absolute atomic E-state index is 13.1. The number of allylic oxidation sites excluding steroid dienone is 1. The van der Waals surface area contributed by atoms with Gasteiger partial charge in [-0.05, 0) is 72.1 Å². The van der Waals surface area contributed by atoms with E-state index in [9.17, 15) is 4.79 Å². The third-order valence-electron chi connectivity index (χ3n) is 4.81. The van der Waals surface area contributed by atoms with Crippen molar-refractivity contribution in [3.63, 3.8) is 0 Å². The van der Waals surface area contributed by atoms with Crippen LogP contribution in [0.15, 0.2) is 60.0 Å². The molecule has 0 fully saturated rings. The SMILES string of the molecule is C=CCn1c(C(=O)Nc2ccc(SC#N)cc2)c(C)c2cc(C(C)C)ccc21. The average molecular weight is 390 g/mol. The van der Waals surface area contributed by atoms with Crippen molar-refractivity contribution in [2.75, 3.05) is 5.32 Å². The first-order valence-electron chi connectivity index (χ1n) is 9.17. The Balaban J connectivity index is 2.01. The number of aromatic nitrogens is 1. The molecule has 142 valence electrons. The van der Waals surface area contributed by atoms with Gasteiger partial charge in [-0.1, -0.05) is 26.0 Å². The average Bonchev–Trinajstić information content (AvgIpc) is 2.95. The minimum absolute atomic E-state index is 0.151. The van der Waals surface area contributed by atoms with Crippen molar-refractivity contribution in [2.24, 2.45) is 0 Å². The molecule has 1 N–H and O–H groups in total. The van der Waals surface area contributed by atoms with E-state index in [0.29, 0.717) is 23.8 Å². The van der Waals surface area contributed by atoms with E-state index < -0.39 is 0 Å². The molecule has 0 saturated carbocycles. The normalized spacial score (nSPS) is 10.8. The van der Waals surface area contributed by atoms with Crippen LogP contribution in [-0.4, -0.2) is 10.5 Å². The second-order valence-electron chi connectivity index (χ2n) is 6.98. The Bertz CT molecular complexity index is 1070. The number of nitrogens with zero attached hydrogens (tertiary/aromatic N) is 2. The van der Waals surface area contributed by atoms with E-state index in [1.165, 1.54) is 5.56 Å². The first-order valence-corrected chi connectivity index (χ1v) is 9.99. The van der Waals surface area contributed by atoms with Gasteiger partial charge >= 0.3 is 0 Å². The molecule has 28 heavy (non-hydrogen) atoms. The number of fused-ring (bicyclic) bond motifs is 1. The number of thioether (sulfide) groups is 1. The van der Waals surface area contributed by atoms with E-state index in [1.54, 1.807) is 6.08 Å². The third-order valence-corrected chi connectivity index (χ3v) is 5.41. The fraction of sp³-hybridized carbons (Fsp3) is 0.217. The summed E-state index contributed by atoms with van der Waals surface area (Å²) in [4.78, 5) is 14.0. The number of thiocyanates is 1. The van der Waals surface area contributed by atoms with Crippen molar-refractivity contribution < 1.29 is 4.79 Å². The second kappa shape index (κ2) is 8.37. The molecule has 0 aliphatic heterocycles. The molecule has 3 rings (SSSR count). The Morgan fingerprint density at radius 2 is 2.00 bits per heavy atom. The molecule has 0 spiro atoms. The van der Waals surface area contributed by atoms with Crippen LogP contribution in [0.5, 0.6) is 0 Å². The first-order chi connectivity index (χ1) is 13.5. The highest BCUT2D eigenvalue weighted by atomic mass is 32.2. The summed E-state index contributed by atoms with van der Waals surface area (Å²) in [5.74, 6) is 0.274. The number of benzene rings is 2. The minimum atomic E-state index is -0.151. The van der Waals surface area contributed by atoms with E-state index in [1.807, 2.05) is 41.2 Å². The van der Waals surface area contributed by atoms with Crippen LogP contribution in [0.4, 0.5) is 5.69 Å². The van der Waals surface area contributed by atoms with Crippen LogP contribution in [0.25, 0.3) is 10.9 Å². The fourth-order valence-electron chi connectivity index (χ4n) is 3.36. The van der Waals surface area contributed by atoms with Crippen LogP contribution >= 0.6 is 11.8 Å². The number of rotatable bonds is 6. The van der Waals surface area contributed by atoms with Gasteiger partial charge in [0.05, 0.1) is 0 Å². The predicted molar refractivity (Wildman–Crippen MR) is 117 cm³/mol. The summed E-state index contributed by atoms with van der Waals surface area (Å²) >= 11 is 1.09. The quantitative estimate of drug-likeness (QED) is 0.315. The first kappa shape index (κ1) is 19.8. The van der Waals surface area contributed by atoms with Crippen LogP contribution in [0, 0.1) is 17.6 Å². The molecule has 0 aliphatic rings. The highest BCUT2D eigenvalue weighted by Crippen LogP contribution is 2.30. The molecule has 0 aliphatic carbocycles. The Morgan fingerprint density at radius 3 is 2.61 bits per heavy atom. The number of aryl methyl sites for hydroxylation is 1. The van der Waals surface area contributed by atoms with Crippen LogP contribution in [0.2, 0.25) is 0 Å². The predicted octanol–water partition coefficient (Wildman–Crippen LogP) is 6.08. The van der Waals surface area contributed by atoms with Gasteiger partial charge in [0.25, 0.3) is 5.91 Å². The summed E-state index contributed by atoms with van der Waals surface area (Å²) in [6.07, 6.45) is 1.81. The summed E-state index contributed by atoms with van der Waals surface area (Å²) in [6, 6.07) is 13.7. The summed E-state index contributed by atoms with van der Waals surface area (Å²) in [5, 5.41) is 14.9. The Morgan fingerprint density at radius 1 is 1.29 bits per heavy atom. The van der Waals surface area contributed by atoms with Gasteiger partial charge in [-0.15, -0.1) is 6.58 Å². The van der Waals surface area contributed by atoms with Gasteiger partial charge in [-0.25, -0.2) is 0 Å². The maximum atomic E-state index is 13.1. The number of carbonyl (C=O) groups excluding carboxylic acids is 1. The van der Waals surface area contributed by atoms with Crippen molar-refractivity contribution in [1.82, 2.24) is 4.57 Å². The topological polar surface area (TPSA) is 57.8 Å². The number of amides is 1. The zero-order valence-electron chi connectivity index (χ0n) is 16.3. The van der Waals surface area contributed by atoms with E-state index in [2.05, 4.69) is 43.9 Å². The lowest BCUT2D eigenvalue weighted by molar-refractivity contribution is 0.101. The lowest BCUT2D eigenvalue weighted by Gasteiger charge is -2.10. The number of hydrogen-bond donors (Lipinski definition) is 1. The fourth-order valence-corrected chi connectivity index (χ4v) is 3.74. The van der Waals surface area contributed by atoms with E-state index in [0.717, 1.165) is 33.1 Å². The van der Waals surface area contributed by atoms with Crippen LogP contribution in [0.1, 0.15) is 41.4 Å². The number of nitrogens with one attached hydrogen (secondary N) is 1. The second-order valence-corrected chi connectivity index (χ2v) is 7.83. The number of anilines is 1. The smallest absolute Gasteiger partial charge is 0.272 e. The molecular formula is C23H23N3OS. The van der Waals surface area contributed by atoms with Gasteiger partial charge in [0, 0.05) is 28.0 Å². The molecule has 4 nitrogen and oxygen atoms in total. The molecule has 2 aromatic carbocycles. The van der Waals surface area contributed by atoms with Gasteiger partial charge in [0.1, 0.15) is 11.1 Å². The molecule has 1 amide bonds. The minimum Gasteiger partial charge on any atom is -0.332 e. The lowest BCUT2D eigenvalue weighted by atomic mass is 10.0. The monoisotopic (exact) mass is 389 g/mol. The molecule has 1 heterocycles. The Hall–Kier alpha value is -2.97. The maximum Gasteiger partial charge on any atom is 0.272 e. The van der Waals surface area contributed by atoms with E-state index in [-0.39, 0.29) is 5.91 Å². The molecule has 5 heteroatoms. The molecule has 1 aromatic heterocycles. The van der Waals surface area contributed by atoms with Gasteiger partial charge < -0.3 is 9.88 Å². The van der Waals surface area contributed by atoms with Crippen molar-refractivity contribution >= 4 is 34.3 Å². The number of nitriles is 1. The summed E-state index contributed by atoms with van der Waals surface area (Å²) in [6.45, 7) is 10.7. The summed E-state index contributed by atoms with van der Waals surface area (Å²) < 4.78 is 2.01. The van der Waals surface area contributed by atoms with Crippen molar-refractivity contribution in [3.05, 3.63) is 71.9 Å². The van der Waals surface area contributed by atoms with Crippen molar-refractivity contribution in [1.29, 1.82) is 5.26 Å². The lowest BCUT2D eigenvalue weighted by Crippen LogP contribution is -2.18. The van der Waals surface area contributed by atoms with Crippen molar-refractivity contribution in [3.8, 4) is 5.40 Å². The van der Waals surface area contributed by atoms with Gasteiger partial charge in [0.2, 0.25) is 0 Å². The van der Waals surface area contributed by atoms with Gasteiger partial charge in [-0.3, -0.25) is 4.79 Å². The van der Waals surface area contributed by atoms with Gasteiger partial charge in [-0.2, -0.15) is 5.26 Å². The van der Waals surface area contributed by atoms with Crippen molar-refractivity contribution in [2.45, 2.75) is 38.1 Å². The van der Waals surface area contributed by atoms with Crippen LogP contribution < -0.4 is 5.32 Å². The molecular weight excluding hydrogens is 366 g/mol. The highest BCUT2D eigenvalue weighted by Gasteiger charge is 2.20. The van der Waals surface area contributed by atoms with Crippen LogP contribution in [0.3, 0.4) is 0 Å². The van der Waals surface area contributed by atoms with Crippen LogP contribution in [-0.2, 0) is 6.54 Å². The zero-order chi connectivity index (χ0) is 20.3. The third kappa shape index (κ3) is 3.83. The Kier molecular flexibility index (Phi) is 5.91. The molecule has 0 unspecified atom stereocenters. The summed E-state index contributed by atoms with van der Waals surface area (Å²) in [7, 11) is 0. The van der Waals surface area contributed by atoms with E-state index in [4.69, 9.17) is 5.26 Å². The standard InChI is InChI=1S/C23H23N3OS/c1-5-12-26-21-11-6-17(15(2)3)13-20(21)16(4)22(26)23(27)25-18-7-9-19(10-8-18)28-14-24/h5-11,13,15H,1,12H2,2-4H3,(H,25,27). The molecule has 0 bridgehead atoms. The largest absolute Gasteiger partial charge is 0.332 e. The molecule has 0 radical (unpaired) electrons. The molecule has 3 aromatic rings. The summed E-state index contributed by atoms with van der Waals surface area (Å²) in [5.41, 5.74) is 4.60. The van der Waals surface area contributed by atoms with E-state index >= 15 is 0 Å².